The summed E-state index contributed by atoms with van der Waals surface area (Å²) in [6.07, 6.45) is 7.55. The minimum absolute atomic E-state index is 0.0435. The molecule has 0 radical (unpaired) electrons. The second-order valence-electron chi connectivity index (χ2n) is 7.91. The van der Waals surface area contributed by atoms with Crippen molar-refractivity contribution in [2.24, 2.45) is 0 Å². The summed E-state index contributed by atoms with van der Waals surface area (Å²) in [6.45, 7) is 3.91. The number of fused-ring (bicyclic) bond motifs is 3. The van der Waals surface area contributed by atoms with Gasteiger partial charge in [0.25, 0.3) is 11.5 Å². The number of para-hydroxylation sites is 1. The normalized spacial score (nSPS) is 19.5. The molecular formula is C21H25N5O2. The van der Waals surface area contributed by atoms with Crippen LogP contribution in [0.5, 0.6) is 0 Å². The average molecular weight is 379 g/mol. The van der Waals surface area contributed by atoms with Crippen LogP contribution in [-0.2, 0) is 0 Å². The zero-order valence-electron chi connectivity index (χ0n) is 15.9. The number of nitrogens with zero attached hydrogens (tertiary/aromatic N) is 4. The van der Waals surface area contributed by atoms with Gasteiger partial charge in [-0.05, 0) is 50.9 Å². The van der Waals surface area contributed by atoms with E-state index < -0.39 is 0 Å². The Morgan fingerprint density at radius 1 is 1.04 bits per heavy atom. The van der Waals surface area contributed by atoms with E-state index in [1.165, 1.54) is 32.4 Å². The third-order valence-corrected chi connectivity index (χ3v) is 6.27. The van der Waals surface area contributed by atoms with E-state index in [2.05, 4.69) is 15.0 Å². The molecule has 2 saturated heterocycles. The molecular weight excluding hydrogens is 354 g/mol. The number of H-pyrrole nitrogens is 1. The van der Waals surface area contributed by atoms with Gasteiger partial charge in [0, 0.05) is 19.1 Å². The van der Waals surface area contributed by atoms with Gasteiger partial charge in [-0.2, -0.15) is 5.10 Å². The van der Waals surface area contributed by atoms with Crippen LogP contribution in [0.15, 0.2) is 35.3 Å². The fourth-order valence-corrected chi connectivity index (χ4v) is 4.72. The molecule has 2 aliphatic rings. The molecule has 28 heavy (non-hydrogen) atoms. The number of likely N-dealkylation sites (tertiary alicyclic amines) is 2. The van der Waals surface area contributed by atoms with Crippen LogP contribution in [0, 0.1) is 0 Å². The van der Waals surface area contributed by atoms with Crippen molar-refractivity contribution < 1.29 is 4.79 Å². The van der Waals surface area contributed by atoms with E-state index in [-0.39, 0.29) is 11.5 Å². The topological polar surface area (TPSA) is 73.7 Å². The van der Waals surface area contributed by atoms with Crippen molar-refractivity contribution in [1.82, 2.24) is 24.4 Å². The van der Waals surface area contributed by atoms with E-state index in [1.54, 1.807) is 16.8 Å². The Bertz CT molecular complexity index is 1070. The molecule has 7 heteroatoms. The Labute approximate surface area is 162 Å². The molecule has 0 spiro atoms. The summed E-state index contributed by atoms with van der Waals surface area (Å²) in [5.74, 6) is -0.0435. The van der Waals surface area contributed by atoms with Gasteiger partial charge < -0.3 is 14.8 Å². The van der Waals surface area contributed by atoms with Crippen LogP contribution in [-0.4, -0.2) is 62.5 Å². The summed E-state index contributed by atoms with van der Waals surface area (Å²) in [4.78, 5) is 32.9. The lowest BCUT2D eigenvalue weighted by atomic mass is 9.99. The van der Waals surface area contributed by atoms with Crippen LogP contribution >= 0.6 is 0 Å². The highest BCUT2D eigenvalue weighted by molar-refractivity contribution is 6.00. The monoisotopic (exact) mass is 379 g/mol. The lowest BCUT2D eigenvalue weighted by Crippen LogP contribution is -2.48. The molecule has 0 saturated carbocycles. The summed E-state index contributed by atoms with van der Waals surface area (Å²) in [7, 11) is 0. The number of rotatable bonds is 2. The van der Waals surface area contributed by atoms with Gasteiger partial charge in [0.05, 0.1) is 17.1 Å². The molecule has 0 atom stereocenters. The number of carbonyl (C=O) groups is 1. The van der Waals surface area contributed by atoms with Crippen LogP contribution in [0.2, 0.25) is 0 Å². The van der Waals surface area contributed by atoms with Crippen LogP contribution in [0.1, 0.15) is 42.5 Å². The molecule has 1 amide bonds. The van der Waals surface area contributed by atoms with E-state index in [0.717, 1.165) is 25.9 Å². The maximum absolute atomic E-state index is 13.1. The average Bonchev–Trinajstić information content (AvgIpc) is 3.18. The number of hydrogen-bond acceptors (Lipinski definition) is 4. The molecule has 7 nitrogen and oxygen atoms in total. The number of amides is 1. The predicted octanol–water partition coefficient (Wildman–Crippen LogP) is 2.27. The van der Waals surface area contributed by atoms with Gasteiger partial charge in [-0.1, -0.05) is 18.6 Å². The van der Waals surface area contributed by atoms with Gasteiger partial charge in [-0.25, -0.2) is 4.52 Å². The highest BCUT2D eigenvalue weighted by Crippen LogP contribution is 2.23. The molecule has 1 N–H and O–H groups in total. The molecule has 0 aliphatic carbocycles. The minimum atomic E-state index is -0.193. The maximum Gasteiger partial charge on any atom is 0.259 e. The van der Waals surface area contributed by atoms with Gasteiger partial charge in [-0.3, -0.25) is 9.59 Å². The number of hydrogen-bond donors (Lipinski definition) is 1. The SMILES string of the molecule is O=C(c1cnn2c1[nH]c(=O)c1ccccc12)N1CCC(N2CCCCC2)CC1. The first kappa shape index (κ1) is 17.4. The number of benzene rings is 1. The van der Waals surface area contributed by atoms with Crippen LogP contribution in [0.4, 0.5) is 0 Å². The van der Waals surface area contributed by atoms with Crippen molar-refractivity contribution >= 4 is 22.5 Å². The Morgan fingerprint density at radius 2 is 1.79 bits per heavy atom. The quantitative estimate of drug-likeness (QED) is 0.741. The van der Waals surface area contributed by atoms with E-state index >= 15 is 0 Å². The predicted molar refractivity (Wildman–Crippen MR) is 108 cm³/mol. The fourth-order valence-electron chi connectivity index (χ4n) is 4.72. The van der Waals surface area contributed by atoms with Gasteiger partial charge in [0.15, 0.2) is 0 Å². The standard InChI is InChI=1S/C21H25N5O2/c27-20-16-6-2-3-7-18(16)26-19(23-20)17(14-22-26)21(28)25-12-8-15(9-13-25)24-10-4-1-5-11-24/h2-3,6-7,14-15H,1,4-5,8-13H2,(H,23,27). The van der Waals surface area contributed by atoms with Crippen molar-refractivity contribution in [2.45, 2.75) is 38.1 Å². The largest absolute Gasteiger partial charge is 0.338 e. The molecule has 4 heterocycles. The third kappa shape index (κ3) is 2.90. The van der Waals surface area contributed by atoms with Crippen molar-refractivity contribution in [3.63, 3.8) is 0 Å². The van der Waals surface area contributed by atoms with Crippen molar-refractivity contribution in [1.29, 1.82) is 0 Å². The van der Waals surface area contributed by atoms with E-state index in [4.69, 9.17) is 0 Å². The molecule has 2 aromatic heterocycles. The fraction of sp³-hybridized carbons (Fsp3) is 0.476. The lowest BCUT2D eigenvalue weighted by molar-refractivity contribution is 0.0591. The first-order valence-electron chi connectivity index (χ1n) is 10.2. The van der Waals surface area contributed by atoms with Crippen LogP contribution in [0.25, 0.3) is 16.6 Å². The summed E-state index contributed by atoms with van der Waals surface area (Å²) >= 11 is 0. The molecule has 146 valence electrons. The summed E-state index contributed by atoms with van der Waals surface area (Å²) < 4.78 is 1.66. The van der Waals surface area contributed by atoms with E-state index in [9.17, 15) is 9.59 Å². The molecule has 5 rings (SSSR count). The summed E-state index contributed by atoms with van der Waals surface area (Å²) in [6, 6.07) is 7.91. The van der Waals surface area contributed by atoms with Gasteiger partial charge in [0.2, 0.25) is 0 Å². The van der Waals surface area contributed by atoms with Crippen molar-refractivity contribution in [3.05, 3.63) is 46.4 Å². The summed E-state index contributed by atoms with van der Waals surface area (Å²) in [5, 5.41) is 4.95. The smallest absolute Gasteiger partial charge is 0.259 e. The molecule has 1 aromatic carbocycles. The number of aromatic amines is 1. The van der Waals surface area contributed by atoms with Crippen LogP contribution < -0.4 is 5.56 Å². The zero-order chi connectivity index (χ0) is 19.1. The van der Waals surface area contributed by atoms with Gasteiger partial charge >= 0.3 is 0 Å². The van der Waals surface area contributed by atoms with Crippen molar-refractivity contribution in [3.8, 4) is 0 Å². The molecule has 2 aliphatic heterocycles. The number of aromatic nitrogens is 3. The first-order valence-corrected chi connectivity index (χ1v) is 10.2. The number of piperidine rings is 2. The molecule has 3 aromatic rings. The molecule has 2 fully saturated rings. The van der Waals surface area contributed by atoms with E-state index in [1.807, 2.05) is 23.1 Å². The second kappa shape index (κ2) is 7.05. The highest BCUT2D eigenvalue weighted by atomic mass is 16.2. The lowest BCUT2D eigenvalue weighted by Gasteiger charge is -2.40. The van der Waals surface area contributed by atoms with Crippen molar-refractivity contribution in [2.75, 3.05) is 26.2 Å². The Morgan fingerprint density at radius 3 is 2.57 bits per heavy atom. The Kier molecular flexibility index (Phi) is 4.39. The summed E-state index contributed by atoms with van der Waals surface area (Å²) in [5.41, 5.74) is 1.47. The second-order valence-corrected chi connectivity index (χ2v) is 7.91. The number of carbonyl (C=O) groups excluding carboxylic acids is 1. The van der Waals surface area contributed by atoms with E-state index in [0.29, 0.717) is 28.2 Å². The molecule has 0 unspecified atom stereocenters. The maximum atomic E-state index is 13.1. The highest BCUT2D eigenvalue weighted by Gasteiger charge is 2.29. The Balaban J connectivity index is 1.39. The van der Waals surface area contributed by atoms with Crippen LogP contribution in [0.3, 0.4) is 0 Å². The number of nitrogens with one attached hydrogen (secondary N) is 1. The minimum Gasteiger partial charge on any atom is -0.338 e. The third-order valence-electron chi connectivity index (χ3n) is 6.27. The molecule has 0 bridgehead atoms. The first-order chi connectivity index (χ1) is 13.7. The van der Waals surface area contributed by atoms with Gasteiger partial charge in [0.1, 0.15) is 11.2 Å². The zero-order valence-corrected chi connectivity index (χ0v) is 15.9. The Hall–Kier alpha value is -2.67. The van der Waals surface area contributed by atoms with Gasteiger partial charge in [-0.15, -0.1) is 0 Å².